The number of carbonyl (C=O) groups excluding carboxylic acids is 3. The van der Waals surface area contributed by atoms with Crippen LogP contribution in [-0.2, 0) is 28.6 Å². The molecule has 0 aliphatic rings. The largest absolute Gasteiger partial charge is 0.462 e. The van der Waals surface area contributed by atoms with Crippen LogP contribution < -0.4 is 0 Å². The first-order chi connectivity index (χ1) is 38.5. The minimum atomic E-state index is -0.804. The summed E-state index contributed by atoms with van der Waals surface area (Å²) in [5, 5.41) is 0. The summed E-state index contributed by atoms with van der Waals surface area (Å²) in [6, 6.07) is 0. The lowest BCUT2D eigenvalue weighted by molar-refractivity contribution is -0.167. The number of hydrogen-bond donors (Lipinski definition) is 0. The van der Waals surface area contributed by atoms with Gasteiger partial charge < -0.3 is 14.2 Å². The van der Waals surface area contributed by atoms with E-state index in [1.54, 1.807) is 0 Å². The van der Waals surface area contributed by atoms with E-state index in [0.717, 1.165) is 135 Å². The zero-order valence-corrected chi connectivity index (χ0v) is 50.9. The molecule has 0 bridgehead atoms. The molecule has 0 aromatic rings. The molecule has 0 aromatic carbocycles. The van der Waals surface area contributed by atoms with Crippen molar-refractivity contribution < 1.29 is 28.6 Å². The smallest absolute Gasteiger partial charge is 0.306 e. The summed E-state index contributed by atoms with van der Waals surface area (Å²) in [7, 11) is 0. The zero-order chi connectivity index (χ0) is 56.4. The fourth-order valence-electron chi connectivity index (χ4n) is 8.91. The van der Waals surface area contributed by atoms with Crippen molar-refractivity contribution in [2.45, 2.75) is 303 Å². The van der Waals surface area contributed by atoms with E-state index in [2.05, 4.69) is 142 Å². The van der Waals surface area contributed by atoms with Crippen LogP contribution in [0.4, 0.5) is 0 Å². The van der Waals surface area contributed by atoms with Gasteiger partial charge in [0, 0.05) is 19.3 Å². The molecule has 0 radical (unpaired) electrons. The number of hydrogen-bond acceptors (Lipinski definition) is 6. The van der Waals surface area contributed by atoms with Gasteiger partial charge in [-0.3, -0.25) is 14.4 Å². The first-order valence-corrected chi connectivity index (χ1v) is 32.5. The van der Waals surface area contributed by atoms with Gasteiger partial charge in [0.2, 0.25) is 0 Å². The van der Waals surface area contributed by atoms with Crippen molar-refractivity contribution in [3.63, 3.8) is 0 Å². The molecule has 0 heterocycles. The van der Waals surface area contributed by atoms with Gasteiger partial charge in [-0.25, -0.2) is 0 Å². The minimum Gasteiger partial charge on any atom is -0.462 e. The van der Waals surface area contributed by atoms with Crippen molar-refractivity contribution in [2.75, 3.05) is 13.2 Å². The van der Waals surface area contributed by atoms with E-state index in [1.165, 1.54) is 122 Å². The number of esters is 3. The lowest BCUT2D eigenvalue weighted by Gasteiger charge is -2.18. The highest BCUT2D eigenvalue weighted by molar-refractivity contribution is 5.71. The number of unbranched alkanes of at least 4 members (excludes halogenated alkanes) is 27. The number of ether oxygens (including phenoxy) is 3. The summed E-state index contributed by atoms with van der Waals surface area (Å²) in [4.78, 5) is 38.4. The predicted octanol–water partition coefficient (Wildman–Crippen LogP) is 22.4. The maximum atomic E-state index is 12.9. The van der Waals surface area contributed by atoms with Crippen molar-refractivity contribution in [1.82, 2.24) is 0 Å². The fourth-order valence-corrected chi connectivity index (χ4v) is 8.91. The highest BCUT2D eigenvalue weighted by Gasteiger charge is 2.19. The molecule has 6 nitrogen and oxygen atoms in total. The molecule has 1 atom stereocenters. The second kappa shape index (κ2) is 65.3. The molecule has 444 valence electrons. The van der Waals surface area contributed by atoms with Crippen LogP contribution in [0.3, 0.4) is 0 Å². The summed E-state index contributed by atoms with van der Waals surface area (Å²) < 4.78 is 16.9. The van der Waals surface area contributed by atoms with E-state index in [1.807, 2.05) is 0 Å². The van der Waals surface area contributed by atoms with Crippen molar-refractivity contribution in [3.8, 4) is 0 Å². The van der Waals surface area contributed by atoms with Gasteiger partial charge in [-0.05, 0) is 109 Å². The topological polar surface area (TPSA) is 78.9 Å². The molecule has 0 saturated heterocycles. The molecule has 0 fully saturated rings. The lowest BCUT2D eigenvalue weighted by atomic mass is 10.0. The van der Waals surface area contributed by atoms with Gasteiger partial charge in [0.25, 0.3) is 0 Å². The average Bonchev–Trinajstić information content (AvgIpc) is 3.44. The third kappa shape index (κ3) is 62.7. The zero-order valence-electron chi connectivity index (χ0n) is 50.9. The van der Waals surface area contributed by atoms with Crippen LogP contribution in [-0.4, -0.2) is 37.2 Å². The first-order valence-electron chi connectivity index (χ1n) is 32.5. The Balaban J connectivity index is 4.46. The van der Waals surface area contributed by atoms with Crippen LogP contribution in [0.15, 0.2) is 122 Å². The molecule has 6 heteroatoms. The molecule has 0 rings (SSSR count). The van der Waals surface area contributed by atoms with Crippen LogP contribution in [0, 0.1) is 0 Å². The average molecular weight is 1080 g/mol. The quantitative estimate of drug-likeness (QED) is 0.0261. The Kier molecular flexibility index (Phi) is 61.8. The van der Waals surface area contributed by atoms with E-state index < -0.39 is 6.10 Å². The standard InChI is InChI=1S/C72H120O6/c1-4-7-10-13-16-19-22-25-28-31-34-35-36-37-39-41-44-47-50-53-56-59-62-65-71(74)77-68-69(67-76-70(73)64-61-58-55-52-49-46-43-40-33-30-27-24-21-18-15-12-9-6-3)78-72(75)66-63-60-57-54-51-48-45-42-38-32-29-26-23-20-17-14-11-8-5-2/h7-8,10-11,16-17,19-20,25-26,28-29,34-35,37-39,42,48,51,69H,4-6,9,12-15,18,21-24,27,30-33,36,40-41,43-47,49-50,52-68H2,1-3H3/b10-7-,11-8-,19-16-,20-17-,28-25-,29-26-,35-34-,39-37-,42-38-,51-48-. The second-order valence-corrected chi connectivity index (χ2v) is 21.3. The van der Waals surface area contributed by atoms with E-state index in [-0.39, 0.29) is 37.5 Å². The number of allylic oxidation sites excluding steroid dienone is 20. The van der Waals surface area contributed by atoms with Crippen LogP contribution in [0.2, 0.25) is 0 Å². The van der Waals surface area contributed by atoms with Gasteiger partial charge in [0.15, 0.2) is 6.10 Å². The molecule has 0 aliphatic heterocycles. The maximum Gasteiger partial charge on any atom is 0.306 e. The van der Waals surface area contributed by atoms with E-state index >= 15 is 0 Å². The van der Waals surface area contributed by atoms with Gasteiger partial charge >= 0.3 is 17.9 Å². The molecular weight excluding hydrogens is 961 g/mol. The van der Waals surface area contributed by atoms with Crippen LogP contribution >= 0.6 is 0 Å². The van der Waals surface area contributed by atoms with Gasteiger partial charge in [-0.1, -0.05) is 290 Å². The Labute approximate surface area is 482 Å². The predicted molar refractivity (Wildman–Crippen MR) is 339 cm³/mol. The molecular formula is C72H120O6. The van der Waals surface area contributed by atoms with Crippen molar-refractivity contribution in [1.29, 1.82) is 0 Å². The Hall–Kier alpha value is -4.19. The molecule has 0 aliphatic carbocycles. The van der Waals surface area contributed by atoms with Gasteiger partial charge in [0.05, 0.1) is 0 Å². The number of rotatable bonds is 58. The summed E-state index contributed by atoms with van der Waals surface area (Å²) in [6.45, 7) is 6.40. The minimum absolute atomic E-state index is 0.0952. The summed E-state index contributed by atoms with van der Waals surface area (Å²) in [5.41, 5.74) is 0. The first kappa shape index (κ1) is 73.8. The maximum absolute atomic E-state index is 12.9. The molecule has 0 N–H and O–H groups in total. The van der Waals surface area contributed by atoms with E-state index in [4.69, 9.17) is 14.2 Å². The van der Waals surface area contributed by atoms with Crippen LogP contribution in [0.5, 0.6) is 0 Å². The van der Waals surface area contributed by atoms with Crippen molar-refractivity contribution in [3.05, 3.63) is 122 Å². The van der Waals surface area contributed by atoms with Crippen LogP contribution in [0.25, 0.3) is 0 Å². The molecule has 0 aromatic heterocycles. The highest BCUT2D eigenvalue weighted by atomic mass is 16.6. The molecule has 78 heavy (non-hydrogen) atoms. The SMILES string of the molecule is CC/C=C\C/C=C\C/C=C\C/C=C\C/C=C\CCCCCCCCCC(=O)OCC(COC(=O)CCCCCCCCCCCCCCCCCCCC)OC(=O)CCCCC/C=C\C/C=C\C/C=C\C/C=C\C/C=C\CC. The third-order valence-electron chi connectivity index (χ3n) is 13.7. The van der Waals surface area contributed by atoms with Crippen molar-refractivity contribution >= 4 is 17.9 Å². The lowest BCUT2D eigenvalue weighted by Crippen LogP contribution is -2.30. The van der Waals surface area contributed by atoms with E-state index in [0.29, 0.717) is 12.8 Å². The fraction of sp³-hybridized carbons (Fsp3) is 0.681. The third-order valence-corrected chi connectivity index (χ3v) is 13.7. The van der Waals surface area contributed by atoms with Gasteiger partial charge in [0.1, 0.15) is 13.2 Å². The Morgan fingerprint density at radius 3 is 0.795 bits per heavy atom. The Bertz CT molecular complexity index is 1620. The molecule has 1 unspecified atom stereocenters. The highest BCUT2D eigenvalue weighted by Crippen LogP contribution is 2.16. The molecule has 0 spiro atoms. The molecule has 0 saturated carbocycles. The summed E-state index contributed by atoms with van der Waals surface area (Å²) >= 11 is 0. The van der Waals surface area contributed by atoms with Gasteiger partial charge in [-0.2, -0.15) is 0 Å². The van der Waals surface area contributed by atoms with Crippen molar-refractivity contribution in [2.24, 2.45) is 0 Å². The Morgan fingerprint density at radius 1 is 0.269 bits per heavy atom. The number of carbonyl (C=O) groups is 3. The van der Waals surface area contributed by atoms with E-state index in [9.17, 15) is 14.4 Å². The molecule has 0 amide bonds. The second-order valence-electron chi connectivity index (χ2n) is 21.3. The van der Waals surface area contributed by atoms with Gasteiger partial charge in [-0.15, -0.1) is 0 Å². The summed E-state index contributed by atoms with van der Waals surface area (Å²) in [6.07, 6.45) is 90.6. The monoisotopic (exact) mass is 1080 g/mol. The Morgan fingerprint density at radius 2 is 0.500 bits per heavy atom. The van der Waals surface area contributed by atoms with Crippen LogP contribution in [0.1, 0.15) is 297 Å². The summed E-state index contributed by atoms with van der Waals surface area (Å²) in [5.74, 6) is -0.931. The normalized spacial score (nSPS) is 12.9.